The van der Waals surface area contributed by atoms with Crippen LogP contribution in [0.3, 0.4) is 0 Å². The summed E-state index contributed by atoms with van der Waals surface area (Å²) in [7, 11) is 5.53. The van der Waals surface area contributed by atoms with Crippen LogP contribution < -0.4 is 0 Å². The first-order valence-corrected chi connectivity index (χ1v) is 8.08. The van der Waals surface area contributed by atoms with E-state index in [2.05, 4.69) is 22.3 Å². The third-order valence-electron chi connectivity index (χ3n) is 4.44. The maximum absolute atomic E-state index is 12.1. The maximum Gasteiger partial charge on any atom is 0.253 e. The van der Waals surface area contributed by atoms with Gasteiger partial charge in [0.05, 0.1) is 6.20 Å². The molecule has 2 heterocycles. The fraction of sp³-hybridized carbons (Fsp3) is 0.444. The predicted octanol–water partition coefficient (Wildman–Crippen LogP) is 2.46. The van der Waals surface area contributed by atoms with Crippen molar-refractivity contribution in [1.29, 1.82) is 0 Å². The Hall–Kier alpha value is -2.14. The van der Waals surface area contributed by atoms with Gasteiger partial charge in [-0.1, -0.05) is 12.1 Å². The molecule has 23 heavy (non-hydrogen) atoms. The van der Waals surface area contributed by atoms with E-state index in [-0.39, 0.29) is 5.91 Å². The molecule has 5 nitrogen and oxygen atoms in total. The summed E-state index contributed by atoms with van der Waals surface area (Å²) >= 11 is 0. The van der Waals surface area contributed by atoms with Gasteiger partial charge in [0.1, 0.15) is 0 Å². The fourth-order valence-corrected chi connectivity index (χ4v) is 3.30. The quantitative estimate of drug-likeness (QED) is 0.871. The number of aromatic nitrogens is 2. The van der Waals surface area contributed by atoms with Crippen LogP contribution in [-0.2, 0) is 13.6 Å². The standard InChI is InChI=1S/C18H24N4O/c1-20(2)18(23)15-7-4-6-14(10-15)12-22-9-5-8-17(22)16-11-19-21(3)13-16/h4,6-7,10-11,13,17H,5,8-9,12H2,1-3H3/t17-/m0/s1. The van der Waals surface area contributed by atoms with Crippen molar-refractivity contribution in [1.82, 2.24) is 19.6 Å². The van der Waals surface area contributed by atoms with Crippen LogP contribution in [0.15, 0.2) is 36.7 Å². The number of rotatable bonds is 4. The Morgan fingerprint density at radius 2 is 2.22 bits per heavy atom. The zero-order chi connectivity index (χ0) is 16.4. The first-order chi connectivity index (χ1) is 11.0. The van der Waals surface area contributed by atoms with Crippen molar-refractivity contribution in [2.75, 3.05) is 20.6 Å². The molecule has 1 aliphatic rings. The van der Waals surface area contributed by atoms with E-state index in [1.165, 1.54) is 24.0 Å². The molecule has 0 saturated carbocycles. The molecule has 1 saturated heterocycles. The van der Waals surface area contributed by atoms with E-state index >= 15 is 0 Å². The van der Waals surface area contributed by atoms with Gasteiger partial charge in [-0.15, -0.1) is 0 Å². The molecule has 0 radical (unpaired) electrons. The molecule has 1 atom stereocenters. The molecule has 3 rings (SSSR count). The Morgan fingerprint density at radius 3 is 2.91 bits per heavy atom. The number of benzene rings is 1. The monoisotopic (exact) mass is 312 g/mol. The van der Waals surface area contributed by atoms with Gasteiger partial charge in [0.15, 0.2) is 0 Å². The number of amides is 1. The van der Waals surface area contributed by atoms with Crippen molar-refractivity contribution in [2.45, 2.75) is 25.4 Å². The van der Waals surface area contributed by atoms with Crippen LogP contribution in [0, 0.1) is 0 Å². The number of nitrogens with zero attached hydrogens (tertiary/aromatic N) is 4. The Morgan fingerprint density at radius 1 is 1.39 bits per heavy atom. The molecular formula is C18H24N4O. The molecule has 0 bridgehead atoms. The number of carbonyl (C=O) groups excluding carboxylic acids is 1. The second kappa shape index (κ2) is 6.54. The van der Waals surface area contributed by atoms with Crippen molar-refractivity contribution in [3.05, 3.63) is 53.3 Å². The van der Waals surface area contributed by atoms with Gasteiger partial charge < -0.3 is 4.90 Å². The minimum Gasteiger partial charge on any atom is -0.345 e. The van der Waals surface area contributed by atoms with Crippen molar-refractivity contribution >= 4 is 5.91 Å². The molecule has 122 valence electrons. The molecule has 5 heteroatoms. The molecule has 1 aromatic heterocycles. The first kappa shape index (κ1) is 15.7. The first-order valence-electron chi connectivity index (χ1n) is 8.08. The summed E-state index contributed by atoms with van der Waals surface area (Å²) in [5.41, 5.74) is 3.23. The average molecular weight is 312 g/mol. The van der Waals surface area contributed by atoms with Crippen molar-refractivity contribution in [3.8, 4) is 0 Å². The van der Waals surface area contributed by atoms with Crippen LogP contribution >= 0.6 is 0 Å². The SMILES string of the molecule is CN(C)C(=O)c1cccc(CN2CCC[C@H]2c2cnn(C)c2)c1. The van der Waals surface area contributed by atoms with Crippen molar-refractivity contribution < 1.29 is 4.79 Å². The van der Waals surface area contributed by atoms with Gasteiger partial charge in [0.25, 0.3) is 5.91 Å². The highest BCUT2D eigenvalue weighted by molar-refractivity contribution is 5.94. The molecule has 1 amide bonds. The fourth-order valence-electron chi connectivity index (χ4n) is 3.30. The highest BCUT2D eigenvalue weighted by Crippen LogP contribution is 2.32. The zero-order valence-electron chi connectivity index (χ0n) is 14.1. The number of hydrogen-bond donors (Lipinski definition) is 0. The molecule has 0 spiro atoms. The maximum atomic E-state index is 12.1. The minimum atomic E-state index is 0.0529. The van der Waals surface area contributed by atoms with E-state index < -0.39 is 0 Å². The Balaban J connectivity index is 1.76. The average Bonchev–Trinajstić information content (AvgIpc) is 3.15. The van der Waals surface area contributed by atoms with Crippen LogP contribution in [0.1, 0.15) is 40.4 Å². The van der Waals surface area contributed by atoms with E-state index in [0.717, 1.165) is 18.7 Å². The summed E-state index contributed by atoms with van der Waals surface area (Å²) in [5.74, 6) is 0.0529. The summed E-state index contributed by atoms with van der Waals surface area (Å²) in [6.07, 6.45) is 6.45. The highest BCUT2D eigenvalue weighted by atomic mass is 16.2. The molecule has 1 fully saturated rings. The summed E-state index contributed by atoms with van der Waals surface area (Å²) in [6.45, 7) is 1.96. The van der Waals surface area contributed by atoms with Gasteiger partial charge in [0, 0.05) is 51.1 Å². The lowest BCUT2D eigenvalue weighted by Gasteiger charge is -2.24. The smallest absolute Gasteiger partial charge is 0.253 e. The molecule has 1 aromatic carbocycles. The topological polar surface area (TPSA) is 41.4 Å². The lowest BCUT2D eigenvalue weighted by molar-refractivity contribution is 0.0827. The summed E-state index contributed by atoms with van der Waals surface area (Å²) in [6, 6.07) is 8.40. The number of likely N-dealkylation sites (tertiary alicyclic amines) is 1. The second-order valence-corrected chi connectivity index (χ2v) is 6.48. The van der Waals surface area contributed by atoms with E-state index in [4.69, 9.17) is 0 Å². The molecule has 2 aromatic rings. The van der Waals surface area contributed by atoms with Crippen molar-refractivity contribution in [2.24, 2.45) is 7.05 Å². The highest BCUT2D eigenvalue weighted by Gasteiger charge is 2.27. The third-order valence-corrected chi connectivity index (χ3v) is 4.44. The lowest BCUT2D eigenvalue weighted by Crippen LogP contribution is -2.24. The zero-order valence-corrected chi connectivity index (χ0v) is 14.1. The van der Waals surface area contributed by atoms with Gasteiger partial charge in [0.2, 0.25) is 0 Å². The minimum absolute atomic E-state index is 0.0529. The molecule has 0 unspecified atom stereocenters. The Bertz CT molecular complexity index is 692. The molecular weight excluding hydrogens is 288 g/mol. The number of aryl methyl sites for hydroxylation is 1. The van der Waals surface area contributed by atoms with Gasteiger partial charge >= 0.3 is 0 Å². The van der Waals surface area contributed by atoms with Gasteiger partial charge in [-0.05, 0) is 37.1 Å². The Kier molecular flexibility index (Phi) is 4.48. The molecule has 1 aliphatic heterocycles. The van der Waals surface area contributed by atoms with Crippen LogP contribution in [0.4, 0.5) is 0 Å². The number of hydrogen-bond acceptors (Lipinski definition) is 3. The summed E-state index contributed by atoms with van der Waals surface area (Å²) < 4.78 is 1.86. The van der Waals surface area contributed by atoms with Crippen molar-refractivity contribution in [3.63, 3.8) is 0 Å². The van der Waals surface area contributed by atoms with Crippen LogP contribution in [-0.4, -0.2) is 46.1 Å². The van der Waals surface area contributed by atoms with E-state index in [1.807, 2.05) is 36.1 Å². The largest absolute Gasteiger partial charge is 0.345 e. The van der Waals surface area contributed by atoms with Gasteiger partial charge in [-0.25, -0.2) is 0 Å². The van der Waals surface area contributed by atoms with Crippen LogP contribution in [0.2, 0.25) is 0 Å². The lowest BCUT2D eigenvalue weighted by atomic mass is 10.1. The second-order valence-electron chi connectivity index (χ2n) is 6.48. The van der Waals surface area contributed by atoms with E-state index in [1.54, 1.807) is 19.0 Å². The predicted molar refractivity (Wildman–Crippen MR) is 90.1 cm³/mol. The normalized spacial score (nSPS) is 18.3. The van der Waals surface area contributed by atoms with Crippen LogP contribution in [0.5, 0.6) is 0 Å². The summed E-state index contributed by atoms with van der Waals surface area (Å²) in [4.78, 5) is 16.2. The molecule has 0 aliphatic carbocycles. The van der Waals surface area contributed by atoms with E-state index in [0.29, 0.717) is 6.04 Å². The number of carbonyl (C=O) groups is 1. The van der Waals surface area contributed by atoms with Gasteiger partial charge in [-0.2, -0.15) is 5.10 Å². The summed E-state index contributed by atoms with van der Waals surface area (Å²) in [5, 5.41) is 4.30. The molecule has 0 N–H and O–H groups in total. The Labute approximate surface area is 137 Å². The third kappa shape index (κ3) is 3.45. The van der Waals surface area contributed by atoms with E-state index in [9.17, 15) is 4.79 Å². The van der Waals surface area contributed by atoms with Crippen LogP contribution in [0.25, 0.3) is 0 Å². The van der Waals surface area contributed by atoms with Gasteiger partial charge in [-0.3, -0.25) is 14.4 Å².